The van der Waals surface area contributed by atoms with Crippen molar-refractivity contribution in [1.29, 1.82) is 0 Å². The van der Waals surface area contributed by atoms with Gasteiger partial charge in [0.15, 0.2) is 0 Å². The standard InChI is InChI=1S/C22H23N3O/c1-16(2)18-8-10-19(11-9-18)25-20-12-13-23-21(14-20)22(26)24-15-17-6-4-3-5-7-17/h3-14,16H,15H2,1-2H3,(H,23,25)(H,24,26). The van der Waals surface area contributed by atoms with Crippen LogP contribution in [-0.2, 0) is 6.54 Å². The number of carbonyl (C=O) groups excluding carboxylic acids is 1. The van der Waals surface area contributed by atoms with Gasteiger partial charge in [0.05, 0.1) is 0 Å². The summed E-state index contributed by atoms with van der Waals surface area (Å²) >= 11 is 0. The molecule has 4 nitrogen and oxygen atoms in total. The van der Waals surface area contributed by atoms with E-state index in [4.69, 9.17) is 0 Å². The number of hydrogen-bond donors (Lipinski definition) is 2. The van der Waals surface area contributed by atoms with E-state index < -0.39 is 0 Å². The number of amides is 1. The van der Waals surface area contributed by atoms with Gasteiger partial charge in [-0.25, -0.2) is 0 Å². The molecule has 0 saturated carbocycles. The van der Waals surface area contributed by atoms with E-state index in [0.29, 0.717) is 18.2 Å². The summed E-state index contributed by atoms with van der Waals surface area (Å²) in [7, 11) is 0. The number of rotatable bonds is 6. The maximum Gasteiger partial charge on any atom is 0.270 e. The Bertz CT molecular complexity index is 858. The van der Waals surface area contributed by atoms with Gasteiger partial charge in [0.1, 0.15) is 5.69 Å². The average Bonchev–Trinajstić information content (AvgIpc) is 2.67. The van der Waals surface area contributed by atoms with Crippen LogP contribution in [-0.4, -0.2) is 10.9 Å². The van der Waals surface area contributed by atoms with Crippen molar-refractivity contribution in [2.24, 2.45) is 0 Å². The summed E-state index contributed by atoms with van der Waals surface area (Å²) in [6.45, 7) is 4.83. The Morgan fingerprint density at radius 3 is 2.38 bits per heavy atom. The van der Waals surface area contributed by atoms with Crippen molar-refractivity contribution < 1.29 is 4.79 Å². The van der Waals surface area contributed by atoms with E-state index in [1.807, 2.05) is 48.5 Å². The fourth-order valence-corrected chi connectivity index (χ4v) is 2.62. The van der Waals surface area contributed by atoms with Crippen molar-refractivity contribution in [3.05, 3.63) is 89.7 Å². The number of nitrogens with one attached hydrogen (secondary N) is 2. The van der Waals surface area contributed by atoms with Gasteiger partial charge in [-0.1, -0.05) is 56.3 Å². The van der Waals surface area contributed by atoms with E-state index in [1.165, 1.54) is 5.56 Å². The number of benzene rings is 2. The molecule has 1 heterocycles. The van der Waals surface area contributed by atoms with Crippen LogP contribution < -0.4 is 10.6 Å². The van der Waals surface area contributed by atoms with Crippen LogP contribution in [0, 0.1) is 0 Å². The number of hydrogen-bond acceptors (Lipinski definition) is 3. The predicted molar refractivity (Wildman–Crippen MR) is 106 cm³/mol. The minimum absolute atomic E-state index is 0.187. The quantitative estimate of drug-likeness (QED) is 0.669. The molecule has 132 valence electrons. The smallest absolute Gasteiger partial charge is 0.270 e. The highest BCUT2D eigenvalue weighted by Crippen LogP contribution is 2.20. The average molecular weight is 345 g/mol. The van der Waals surface area contributed by atoms with E-state index in [2.05, 4.69) is 41.6 Å². The van der Waals surface area contributed by atoms with E-state index >= 15 is 0 Å². The van der Waals surface area contributed by atoms with Crippen molar-refractivity contribution in [3.8, 4) is 0 Å². The van der Waals surface area contributed by atoms with Crippen molar-refractivity contribution in [1.82, 2.24) is 10.3 Å². The molecule has 2 N–H and O–H groups in total. The minimum Gasteiger partial charge on any atom is -0.355 e. The maximum absolute atomic E-state index is 12.3. The third-order valence-electron chi connectivity index (χ3n) is 4.15. The Kier molecular flexibility index (Phi) is 5.64. The van der Waals surface area contributed by atoms with Crippen LogP contribution in [0.25, 0.3) is 0 Å². The monoisotopic (exact) mass is 345 g/mol. The molecule has 0 unspecified atom stereocenters. The molecule has 0 spiro atoms. The van der Waals surface area contributed by atoms with E-state index in [9.17, 15) is 4.79 Å². The lowest BCUT2D eigenvalue weighted by Gasteiger charge is -2.10. The van der Waals surface area contributed by atoms with Gasteiger partial charge in [-0.2, -0.15) is 0 Å². The Hall–Kier alpha value is -3.14. The molecule has 0 radical (unpaired) electrons. The van der Waals surface area contributed by atoms with Gasteiger partial charge in [-0.05, 0) is 41.3 Å². The number of pyridine rings is 1. The first-order chi connectivity index (χ1) is 12.6. The van der Waals surface area contributed by atoms with Crippen LogP contribution in [0.15, 0.2) is 72.9 Å². The number of nitrogens with zero attached hydrogens (tertiary/aromatic N) is 1. The zero-order chi connectivity index (χ0) is 18.4. The van der Waals surface area contributed by atoms with Gasteiger partial charge in [0, 0.05) is 24.1 Å². The lowest BCUT2D eigenvalue weighted by atomic mass is 10.0. The van der Waals surface area contributed by atoms with Crippen LogP contribution in [0.4, 0.5) is 11.4 Å². The summed E-state index contributed by atoms with van der Waals surface area (Å²) in [5.74, 6) is 0.317. The summed E-state index contributed by atoms with van der Waals surface area (Å²) in [6.07, 6.45) is 1.64. The SMILES string of the molecule is CC(C)c1ccc(Nc2ccnc(C(=O)NCc3ccccc3)c2)cc1. The molecular weight excluding hydrogens is 322 g/mol. The highest BCUT2D eigenvalue weighted by molar-refractivity contribution is 5.93. The molecule has 4 heteroatoms. The van der Waals surface area contributed by atoms with Crippen molar-refractivity contribution in [2.75, 3.05) is 5.32 Å². The zero-order valence-electron chi connectivity index (χ0n) is 15.1. The molecule has 2 aromatic carbocycles. The van der Waals surface area contributed by atoms with Crippen molar-refractivity contribution in [2.45, 2.75) is 26.3 Å². The highest BCUT2D eigenvalue weighted by atomic mass is 16.1. The molecule has 26 heavy (non-hydrogen) atoms. The third-order valence-corrected chi connectivity index (χ3v) is 4.15. The van der Waals surface area contributed by atoms with Gasteiger partial charge < -0.3 is 10.6 Å². The Morgan fingerprint density at radius 2 is 1.69 bits per heavy atom. The van der Waals surface area contributed by atoms with Crippen LogP contribution in [0.2, 0.25) is 0 Å². The van der Waals surface area contributed by atoms with Gasteiger partial charge >= 0.3 is 0 Å². The maximum atomic E-state index is 12.3. The molecule has 0 fully saturated rings. The van der Waals surface area contributed by atoms with E-state index in [0.717, 1.165) is 16.9 Å². The van der Waals surface area contributed by atoms with Crippen molar-refractivity contribution in [3.63, 3.8) is 0 Å². The molecule has 0 atom stereocenters. The van der Waals surface area contributed by atoms with Crippen molar-refractivity contribution >= 4 is 17.3 Å². The molecular formula is C22H23N3O. The second-order valence-corrected chi connectivity index (χ2v) is 6.50. The van der Waals surface area contributed by atoms with Gasteiger partial charge in [0.2, 0.25) is 0 Å². The topological polar surface area (TPSA) is 54.0 Å². The fourth-order valence-electron chi connectivity index (χ4n) is 2.62. The summed E-state index contributed by atoms with van der Waals surface area (Å²) in [6, 6.07) is 21.7. The second kappa shape index (κ2) is 8.30. The van der Waals surface area contributed by atoms with Gasteiger partial charge in [-0.15, -0.1) is 0 Å². The lowest BCUT2D eigenvalue weighted by molar-refractivity contribution is 0.0946. The Balaban J connectivity index is 1.64. The molecule has 0 aliphatic rings. The normalized spacial score (nSPS) is 10.6. The molecule has 0 bridgehead atoms. The molecule has 1 aromatic heterocycles. The van der Waals surface area contributed by atoms with E-state index in [-0.39, 0.29) is 5.91 Å². The van der Waals surface area contributed by atoms with Crippen LogP contribution >= 0.6 is 0 Å². The highest BCUT2D eigenvalue weighted by Gasteiger charge is 2.08. The van der Waals surface area contributed by atoms with Gasteiger partial charge in [-0.3, -0.25) is 9.78 Å². The number of anilines is 2. The van der Waals surface area contributed by atoms with Crippen LogP contribution in [0.5, 0.6) is 0 Å². The van der Waals surface area contributed by atoms with Crippen LogP contribution in [0.1, 0.15) is 41.4 Å². The fraction of sp³-hybridized carbons (Fsp3) is 0.182. The lowest BCUT2D eigenvalue weighted by Crippen LogP contribution is -2.23. The van der Waals surface area contributed by atoms with E-state index in [1.54, 1.807) is 12.3 Å². The predicted octanol–water partition coefficient (Wildman–Crippen LogP) is 4.88. The second-order valence-electron chi connectivity index (χ2n) is 6.50. The zero-order valence-corrected chi connectivity index (χ0v) is 15.1. The molecule has 3 aromatic rings. The van der Waals surface area contributed by atoms with Crippen LogP contribution in [0.3, 0.4) is 0 Å². The first-order valence-electron chi connectivity index (χ1n) is 8.77. The Labute approximate surface area is 154 Å². The summed E-state index contributed by atoms with van der Waals surface area (Å²) in [5.41, 5.74) is 4.56. The molecule has 0 aliphatic carbocycles. The molecule has 3 rings (SSSR count). The minimum atomic E-state index is -0.187. The first kappa shape index (κ1) is 17.7. The number of aromatic nitrogens is 1. The largest absolute Gasteiger partial charge is 0.355 e. The van der Waals surface area contributed by atoms with Gasteiger partial charge in [0.25, 0.3) is 5.91 Å². The molecule has 0 aliphatic heterocycles. The molecule has 0 saturated heterocycles. The summed E-state index contributed by atoms with van der Waals surface area (Å²) in [5, 5.41) is 6.22. The Morgan fingerprint density at radius 1 is 0.962 bits per heavy atom. The third kappa shape index (κ3) is 4.70. The first-order valence-corrected chi connectivity index (χ1v) is 8.77. The summed E-state index contributed by atoms with van der Waals surface area (Å²) in [4.78, 5) is 16.5. The molecule has 1 amide bonds. The number of carbonyl (C=O) groups is 1. The summed E-state index contributed by atoms with van der Waals surface area (Å²) < 4.78 is 0.